The topological polar surface area (TPSA) is 42.7 Å². The molecule has 1 N–H and O–H groups in total. The molecule has 0 saturated carbocycles. The first-order valence-corrected chi connectivity index (χ1v) is 7.42. The molecule has 0 saturated heterocycles. The number of rotatable bonds is 6. The van der Waals surface area contributed by atoms with E-state index in [1.807, 2.05) is 14.0 Å². The van der Waals surface area contributed by atoms with E-state index in [1.165, 1.54) is 12.3 Å². The Morgan fingerprint density at radius 1 is 1.43 bits per heavy atom. The van der Waals surface area contributed by atoms with Crippen LogP contribution in [0.4, 0.5) is 4.39 Å². The molecule has 2 aromatic heterocycles. The van der Waals surface area contributed by atoms with Crippen LogP contribution in [0.25, 0.3) is 0 Å². The lowest BCUT2D eigenvalue weighted by Crippen LogP contribution is -2.24. The van der Waals surface area contributed by atoms with Gasteiger partial charge in [0.2, 0.25) is 0 Å². The van der Waals surface area contributed by atoms with Crippen LogP contribution in [0.5, 0.6) is 0 Å². The minimum absolute atomic E-state index is 0.0338. The summed E-state index contributed by atoms with van der Waals surface area (Å²) in [5.41, 5.74) is 2.70. The van der Waals surface area contributed by atoms with Crippen LogP contribution in [0.3, 0.4) is 0 Å². The molecule has 0 fully saturated rings. The predicted molar refractivity (Wildman–Crippen MR) is 81.9 cm³/mol. The second-order valence-electron chi connectivity index (χ2n) is 5.13. The lowest BCUT2D eigenvalue weighted by atomic mass is 10.0. The van der Waals surface area contributed by atoms with Crippen molar-refractivity contribution in [1.29, 1.82) is 0 Å². The van der Waals surface area contributed by atoms with Crippen LogP contribution in [0.2, 0.25) is 5.15 Å². The second kappa shape index (κ2) is 7.00. The molecule has 0 radical (unpaired) electrons. The second-order valence-corrected chi connectivity index (χ2v) is 5.48. The maximum atomic E-state index is 13.4. The van der Waals surface area contributed by atoms with Crippen molar-refractivity contribution >= 4 is 11.6 Å². The van der Waals surface area contributed by atoms with Gasteiger partial charge in [-0.1, -0.05) is 18.5 Å². The van der Waals surface area contributed by atoms with Crippen LogP contribution in [0.15, 0.2) is 18.5 Å². The fraction of sp³-hybridized carbons (Fsp3) is 0.467. The Hall–Kier alpha value is -1.46. The van der Waals surface area contributed by atoms with Crippen molar-refractivity contribution < 1.29 is 4.39 Å². The van der Waals surface area contributed by atoms with Crippen molar-refractivity contribution in [2.75, 3.05) is 6.54 Å². The van der Waals surface area contributed by atoms with E-state index in [9.17, 15) is 4.39 Å². The van der Waals surface area contributed by atoms with E-state index in [-0.39, 0.29) is 11.9 Å². The number of nitrogens with one attached hydrogen (secondary N) is 1. The Labute approximate surface area is 129 Å². The lowest BCUT2D eigenvalue weighted by Gasteiger charge is -2.19. The number of hydrogen-bond acceptors (Lipinski definition) is 3. The first kappa shape index (κ1) is 15.9. The molecule has 1 atom stereocenters. The number of nitrogens with zero attached hydrogens (tertiary/aromatic N) is 3. The summed E-state index contributed by atoms with van der Waals surface area (Å²) >= 11 is 6.29. The van der Waals surface area contributed by atoms with E-state index in [1.54, 1.807) is 10.9 Å². The molecule has 2 rings (SSSR count). The largest absolute Gasteiger partial charge is 0.310 e. The highest BCUT2D eigenvalue weighted by molar-refractivity contribution is 6.30. The fourth-order valence-corrected chi connectivity index (χ4v) is 2.61. The molecule has 4 nitrogen and oxygen atoms in total. The quantitative estimate of drug-likeness (QED) is 0.891. The molecule has 0 bridgehead atoms. The Kier molecular flexibility index (Phi) is 5.31. The highest BCUT2D eigenvalue weighted by Gasteiger charge is 2.19. The molecular weight excluding hydrogens is 291 g/mol. The van der Waals surface area contributed by atoms with Crippen molar-refractivity contribution in [2.45, 2.75) is 32.7 Å². The molecule has 0 spiro atoms. The van der Waals surface area contributed by atoms with Crippen molar-refractivity contribution in [1.82, 2.24) is 20.1 Å². The van der Waals surface area contributed by atoms with Gasteiger partial charge in [0, 0.05) is 24.8 Å². The number of hydrogen-bond donors (Lipinski definition) is 1. The maximum Gasteiger partial charge on any atom is 0.141 e. The van der Waals surface area contributed by atoms with Gasteiger partial charge in [0.05, 0.1) is 11.9 Å². The Bertz CT molecular complexity index is 612. The molecule has 6 heteroatoms. The lowest BCUT2D eigenvalue weighted by molar-refractivity contribution is 0.521. The standard InChI is InChI=1S/C15H20ClFN4/c1-4-5-19-14(11-6-12(17)9-18-8-11)7-13-10(2)20-21(3)15(13)16/h6,8-9,14,19H,4-5,7H2,1-3H3. The normalized spacial score (nSPS) is 12.6. The number of aryl methyl sites for hydroxylation is 2. The Morgan fingerprint density at radius 3 is 2.76 bits per heavy atom. The molecule has 0 aliphatic carbocycles. The molecule has 0 aliphatic heterocycles. The monoisotopic (exact) mass is 310 g/mol. The zero-order valence-corrected chi connectivity index (χ0v) is 13.3. The predicted octanol–water partition coefficient (Wildman–Crippen LogP) is 3.20. The average Bonchev–Trinajstić information content (AvgIpc) is 2.69. The smallest absolute Gasteiger partial charge is 0.141 e. The van der Waals surface area contributed by atoms with Gasteiger partial charge in [-0.25, -0.2) is 4.39 Å². The van der Waals surface area contributed by atoms with Gasteiger partial charge in [-0.2, -0.15) is 5.10 Å². The van der Waals surface area contributed by atoms with Crippen LogP contribution in [-0.4, -0.2) is 21.3 Å². The van der Waals surface area contributed by atoms with Crippen LogP contribution in [0.1, 0.15) is 36.2 Å². The van der Waals surface area contributed by atoms with E-state index >= 15 is 0 Å². The number of pyridine rings is 1. The summed E-state index contributed by atoms with van der Waals surface area (Å²) in [6.07, 6.45) is 4.56. The van der Waals surface area contributed by atoms with Gasteiger partial charge in [0.25, 0.3) is 0 Å². The van der Waals surface area contributed by atoms with Crippen LogP contribution in [-0.2, 0) is 13.5 Å². The van der Waals surface area contributed by atoms with Gasteiger partial charge in [0.1, 0.15) is 11.0 Å². The third kappa shape index (κ3) is 3.80. The van der Waals surface area contributed by atoms with Crippen LogP contribution in [0, 0.1) is 12.7 Å². The first-order chi connectivity index (χ1) is 10.0. The van der Waals surface area contributed by atoms with Crippen molar-refractivity contribution in [2.24, 2.45) is 7.05 Å². The molecule has 2 aromatic rings. The van der Waals surface area contributed by atoms with Gasteiger partial charge < -0.3 is 5.32 Å². The first-order valence-electron chi connectivity index (χ1n) is 7.04. The van der Waals surface area contributed by atoms with E-state index in [4.69, 9.17) is 11.6 Å². The van der Waals surface area contributed by atoms with Gasteiger partial charge in [-0.3, -0.25) is 9.67 Å². The number of halogens is 2. The van der Waals surface area contributed by atoms with Crippen molar-refractivity contribution in [3.05, 3.63) is 46.3 Å². The fourth-order valence-electron chi connectivity index (χ4n) is 2.36. The minimum atomic E-state index is -0.329. The van der Waals surface area contributed by atoms with E-state index < -0.39 is 0 Å². The van der Waals surface area contributed by atoms with Gasteiger partial charge >= 0.3 is 0 Å². The van der Waals surface area contributed by atoms with Gasteiger partial charge in [0.15, 0.2) is 0 Å². The molecule has 2 heterocycles. The summed E-state index contributed by atoms with van der Waals surface area (Å²) in [5, 5.41) is 8.37. The van der Waals surface area contributed by atoms with Crippen LogP contribution >= 0.6 is 11.6 Å². The SMILES string of the molecule is CCCNC(Cc1c(C)nn(C)c1Cl)c1cncc(F)c1. The van der Waals surface area contributed by atoms with E-state index in [0.29, 0.717) is 11.6 Å². The number of aromatic nitrogens is 3. The molecule has 0 aliphatic rings. The molecule has 114 valence electrons. The van der Waals surface area contributed by atoms with Crippen molar-refractivity contribution in [3.8, 4) is 0 Å². The summed E-state index contributed by atoms with van der Waals surface area (Å²) in [7, 11) is 1.82. The summed E-state index contributed by atoms with van der Waals surface area (Å²) in [6.45, 7) is 4.87. The minimum Gasteiger partial charge on any atom is -0.310 e. The van der Waals surface area contributed by atoms with Crippen LogP contribution < -0.4 is 5.32 Å². The van der Waals surface area contributed by atoms with E-state index in [2.05, 4.69) is 22.3 Å². The summed E-state index contributed by atoms with van der Waals surface area (Å²) in [5.74, 6) is -0.329. The maximum absolute atomic E-state index is 13.4. The third-order valence-corrected chi connectivity index (χ3v) is 3.92. The molecule has 1 unspecified atom stereocenters. The Balaban J connectivity index is 2.28. The highest BCUT2D eigenvalue weighted by Crippen LogP contribution is 2.25. The molecule has 0 aromatic carbocycles. The third-order valence-electron chi connectivity index (χ3n) is 3.45. The molecule has 0 amide bonds. The average molecular weight is 311 g/mol. The zero-order valence-electron chi connectivity index (χ0n) is 12.5. The van der Waals surface area contributed by atoms with E-state index in [0.717, 1.165) is 29.8 Å². The van der Waals surface area contributed by atoms with Crippen molar-refractivity contribution in [3.63, 3.8) is 0 Å². The highest BCUT2D eigenvalue weighted by atomic mass is 35.5. The Morgan fingerprint density at radius 2 is 2.19 bits per heavy atom. The molecular formula is C15H20ClFN4. The van der Waals surface area contributed by atoms with Gasteiger partial charge in [-0.15, -0.1) is 0 Å². The summed E-state index contributed by atoms with van der Waals surface area (Å²) in [6, 6.07) is 1.48. The zero-order chi connectivity index (χ0) is 15.4. The molecule has 21 heavy (non-hydrogen) atoms. The summed E-state index contributed by atoms with van der Waals surface area (Å²) < 4.78 is 15.1. The van der Waals surface area contributed by atoms with Gasteiger partial charge in [-0.05, 0) is 37.9 Å². The summed E-state index contributed by atoms with van der Waals surface area (Å²) in [4.78, 5) is 3.94.